The summed E-state index contributed by atoms with van der Waals surface area (Å²) in [5.41, 5.74) is 6.93. The number of nitrogens with zero attached hydrogens (tertiary/aromatic N) is 3. The minimum atomic E-state index is -0.0487. The molecule has 3 atom stereocenters. The van der Waals surface area contributed by atoms with Gasteiger partial charge in [-0.15, -0.1) is 12.4 Å². The van der Waals surface area contributed by atoms with E-state index in [9.17, 15) is 9.59 Å². The topological polar surface area (TPSA) is 69.9 Å². The first-order chi connectivity index (χ1) is 12.6. The molecule has 6 nitrogen and oxygen atoms in total. The monoisotopic (exact) mass is 392 g/mol. The number of halogens is 1. The maximum absolute atomic E-state index is 12.9. The minimum Gasteiger partial charge on any atom is -0.340 e. The van der Waals surface area contributed by atoms with Crippen molar-refractivity contribution in [1.29, 1.82) is 0 Å². The third kappa shape index (κ3) is 4.13. The Morgan fingerprint density at radius 2 is 1.67 bits per heavy atom. The highest BCUT2D eigenvalue weighted by Crippen LogP contribution is 2.28. The van der Waals surface area contributed by atoms with E-state index in [1.807, 2.05) is 40.1 Å². The normalized spacial score (nSPS) is 29.1. The highest BCUT2D eigenvalue weighted by atomic mass is 35.5. The molecule has 148 valence electrons. The number of anilines is 1. The van der Waals surface area contributed by atoms with Gasteiger partial charge < -0.3 is 15.5 Å². The molecule has 2 amide bonds. The van der Waals surface area contributed by atoms with Crippen molar-refractivity contribution in [1.82, 2.24) is 9.80 Å². The number of hydrogen-bond donors (Lipinski definition) is 1. The van der Waals surface area contributed by atoms with Crippen LogP contribution in [0, 0.1) is 5.92 Å². The van der Waals surface area contributed by atoms with Crippen molar-refractivity contribution >= 4 is 29.9 Å². The molecule has 1 saturated carbocycles. The Labute approximate surface area is 167 Å². The summed E-state index contributed by atoms with van der Waals surface area (Å²) in [5.74, 6) is 0.567. The highest BCUT2D eigenvalue weighted by molar-refractivity contribution is 5.99. The molecule has 0 spiro atoms. The second-order valence-electron chi connectivity index (χ2n) is 7.76. The van der Waals surface area contributed by atoms with Crippen molar-refractivity contribution in [2.24, 2.45) is 11.7 Å². The minimum absolute atomic E-state index is 0. The first-order valence-corrected chi connectivity index (χ1v) is 9.78. The van der Waals surface area contributed by atoms with Gasteiger partial charge in [0.25, 0.3) is 0 Å². The Balaban J connectivity index is 0.00000210. The molecular weight excluding hydrogens is 364 g/mol. The summed E-state index contributed by atoms with van der Waals surface area (Å²) in [7, 11) is 0. The van der Waals surface area contributed by atoms with Gasteiger partial charge in [-0.25, -0.2) is 0 Å². The molecule has 0 aromatic heterocycles. The lowest BCUT2D eigenvalue weighted by Crippen LogP contribution is -2.54. The maximum atomic E-state index is 12.9. The zero-order chi connectivity index (χ0) is 18.1. The fourth-order valence-corrected chi connectivity index (χ4v) is 4.62. The van der Waals surface area contributed by atoms with Crippen LogP contribution in [0.1, 0.15) is 25.7 Å². The molecule has 2 N–H and O–H groups in total. The lowest BCUT2D eigenvalue weighted by molar-refractivity contribution is -0.137. The van der Waals surface area contributed by atoms with E-state index in [1.165, 1.54) is 0 Å². The summed E-state index contributed by atoms with van der Waals surface area (Å²) in [6.07, 6.45) is 3.57. The molecule has 2 heterocycles. The second kappa shape index (κ2) is 8.59. The van der Waals surface area contributed by atoms with Crippen LogP contribution < -0.4 is 10.6 Å². The van der Waals surface area contributed by atoms with E-state index in [1.54, 1.807) is 0 Å². The predicted molar refractivity (Wildman–Crippen MR) is 108 cm³/mol. The average Bonchev–Trinajstić information content (AvgIpc) is 3.28. The zero-order valence-corrected chi connectivity index (χ0v) is 16.4. The molecule has 0 bridgehead atoms. The van der Waals surface area contributed by atoms with Gasteiger partial charge in [-0.3, -0.25) is 14.5 Å². The summed E-state index contributed by atoms with van der Waals surface area (Å²) in [6.45, 7) is 3.78. The van der Waals surface area contributed by atoms with Crippen LogP contribution in [0.2, 0.25) is 0 Å². The standard InChI is InChI=1S/C20H28N4O2.ClH/c21-16-7-6-15(14-16)19(25)23-12-10-22(11-13-23)18-8-9-24(20(18)26)17-4-2-1-3-5-17;/h1-5,15-16,18H,6-14,21H2;1H. The van der Waals surface area contributed by atoms with Crippen molar-refractivity contribution < 1.29 is 9.59 Å². The van der Waals surface area contributed by atoms with E-state index >= 15 is 0 Å². The molecule has 3 unspecified atom stereocenters. The van der Waals surface area contributed by atoms with E-state index in [0.29, 0.717) is 0 Å². The number of nitrogens with two attached hydrogens (primary N) is 1. The third-order valence-corrected chi connectivity index (χ3v) is 6.13. The number of carbonyl (C=O) groups is 2. The first-order valence-electron chi connectivity index (χ1n) is 9.78. The molecule has 2 aliphatic heterocycles. The van der Waals surface area contributed by atoms with Crippen molar-refractivity contribution in [3.63, 3.8) is 0 Å². The molecule has 4 rings (SSSR count). The Morgan fingerprint density at radius 1 is 0.963 bits per heavy atom. The summed E-state index contributed by atoms with van der Waals surface area (Å²) < 4.78 is 0. The largest absolute Gasteiger partial charge is 0.340 e. The van der Waals surface area contributed by atoms with Crippen LogP contribution in [0.15, 0.2) is 30.3 Å². The number of carbonyl (C=O) groups excluding carboxylic acids is 2. The number of hydrogen-bond acceptors (Lipinski definition) is 4. The van der Waals surface area contributed by atoms with Gasteiger partial charge in [0.2, 0.25) is 11.8 Å². The molecular formula is C20H29ClN4O2. The smallest absolute Gasteiger partial charge is 0.244 e. The van der Waals surface area contributed by atoms with Gasteiger partial charge in [0.15, 0.2) is 0 Å². The summed E-state index contributed by atoms with van der Waals surface area (Å²) in [4.78, 5) is 31.6. The van der Waals surface area contributed by atoms with Crippen LogP contribution in [0.4, 0.5) is 5.69 Å². The third-order valence-electron chi connectivity index (χ3n) is 6.13. The van der Waals surface area contributed by atoms with Gasteiger partial charge in [-0.2, -0.15) is 0 Å². The van der Waals surface area contributed by atoms with Gasteiger partial charge >= 0.3 is 0 Å². The lowest BCUT2D eigenvalue weighted by atomic mass is 10.1. The van der Waals surface area contributed by atoms with Crippen LogP contribution in [-0.2, 0) is 9.59 Å². The lowest BCUT2D eigenvalue weighted by Gasteiger charge is -2.38. The zero-order valence-electron chi connectivity index (χ0n) is 15.6. The van der Waals surface area contributed by atoms with E-state index in [0.717, 1.165) is 64.1 Å². The van der Waals surface area contributed by atoms with E-state index in [4.69, 9.17) is 5.73 Å². The van der Waals surface area contributed by atoms with E-state index in [2.05, 4.69) is 4.90 Å². The van der Waals surface area contributed by atoms with Crippen molar-refractivity contribution in [2.45, 2.75) is 37.8 Å². The van der Waals surface area contributed by atoms with Crippen molar-refractivity contribution in [2.75, 3.05) is 37.6 Å². The second-order valence-corrected chi connectivity index (χ2v) is 7.76. The number of amides is 2. The van der Waals surface area contributed by atoms with Gasteiger partial charge in [0.1, 0.15) is 0 Å². The Kier molecular flexibility index (Phi) is 6.40. The summed E-state index contributed by atoms with van der Waals surface area (Å²) in [6, 6.07) is 10.0. The highest BCUT2D eigenvalue weighted by Gasteiger charge is 2.39. The van der Waals surface area contributed by atoms with Gasteiger partial charge in [0, 0.05) is 50.4 Å². The number of benzene rings is 1. The van der Waals surface area contributed by atoms with Crippen LogP contribution in [0.25, 0.3) is 0 Å². The van der Waals surface area contributed by atoms with Crippen LogP contribution >= 0.6 is 12.4 Å². The van der Waals surface area contributed by atoms with Gasteiger partial charge in [0.05, 0.1) is 6.04 Å². The van der Waals surface area contributed by atoms with E-state index in [-0.39, 0.29) is 42.2 Å². The molecule has 1 aliphatic carbocycles. The molecule has 3 fully saturated rings. The number of para-hydroxylation sites is 1. The molecule has 0 radical (unpaired) electrons. The van der Waals surface area contributed by atoms with Gasteiger partial charge in [-0.05, 0) is 37.8 Å². The van der Waals surface area contributed by atoms with Crippen LogP contribution in [-0.4, -0.2) is 66.4 Å². The van der Waals surface area contributed by atoms with Crippen LogP contribution in [0.3, 0.4) is 0 Å². The Bertz CT molecular complexity index is 663. The fourth-order valence-electron chi connectivity index (χ4n) is 4.62. The molecule has 2 saturated heterocycles. The Hall–Kier alpha value is -1.63. The SMILES string of the molecule is Cl.NC1CCC(C(=O)N2CCN(C3CCN(c4ccccc4)C3=O)CC2)C1. The van der Waals surface area contributed by atoms with Crippen molar-refractivity contribution in [3.05, 3.63) is 30.3 Å². The van der Waals surface area contributed by atoms with E-state index < -0.39 is 0 Å². The van der Waals surface area contributed by atoms with Crippen LogP contribution in [0.5, 0.6) is 0 Å². The molecule has 1 aromatic rings. The molecule has 3 aliphatic rings. The quantitative estimate of drug-likeness (QED) is 0.846. The molecule has 7 heteroatoms. The van der Waals surface area contributed by atoms with Crippen molar-refractivity contribution in [3.8, 4) is 0 Å². The number of rotatable bonds is 3. The number of piperazine rings is 1. The molecule has 1 aromatic carbocycles. The Morgan fingerprint density at radius 3 is 2.30 bits per heavy atom. The maximum Gasteiger partial charge on any atom is 0.244 e. The van der Waals surface area contributed by atoms with Gasteiger partial charge in [-0.1, -0.05) is 18.2 Å². The fraction of sp³-hybridized carbons (Fsp3) is 0.600. The summed E-state index contributed by atoms with van der Waals surface area (Å²) >= 11 is 0. The average molecular weight is 393 g/mol. The summed E-state index contributed by atoms with van der Waals surface area (Å²) in [5, 5.41) is 0. The predicted octanol–water partition coefficient (Wildman–Crippen LogP) is 1.49. The molecule has 27 heavy (non-hydrogen) atoms. The first kappa shape index (κ1) is 20.1.